The predicted molar refractivity (Wildman–Crippen MR) is 105 cm³/mol. The highest BCUT2D eigenvalue weighted by atomic mass is 35.5. The first kappa shape index (κ1) is 23.1. The molecule has 0 spiro atoms. The van der Waals surface area contributed by atoms with Crippen LogP contribution in [0.1, 0.15) is 24.4 Å². The fourth-order valence-electron chi connectivity index (χ4n) is 3.48. The van der Waals surface area contributed by atoms with Crippen molar-refractivity contribution >= 4 is 30.7 Å². The Bertz CT molecular complexity index is 553. The van der Waals surface area contributed by atoms with Gasteiger partial charge < -0.3 is 15.4 Å². The molecule has 2 atom stereocenters. The first-order chi connectivity index (χ1) is 11.8. The molecule has 2 aliphatic heterocycles. The summed E-state index contributed by atoms with van der Waals surface area (Å²) in [6.07, 6.45) is 2.26. The second-order valence-electron chi connectivity index (χ2n) is 6.53. The second kappa shape index (κ2) is 11.7. The van der Waals surface area contributed by atoms with Gasteiger partial charge in [-0.25, -0.2) is 4.39 Å². The van der Waals surface area contributed by atoms with Crippen LogP contribution in [0.3, 0.4) is 0 Å². The number of rotatable bonds is 5. The zero-order valence-electron chi connectivity index (χ0n) is 14.8. The predicted octanol–water partition coefficient (Wildman–Crippen LogP) is 2.16. The molecule has 3 rings (SSSR count). The third kappa shape index (κ3) is 6.06. The molecule has 5 nitrogen and oxygen atoms in total. The molecule has 148 valence electrons. The van der Waals surface area contributed by atoms with E-state index in [0.717, 1.165) is 25.9 Å². The Labute approximate surface area is 166 Å². The van der Waals surface area contributed by atoms with E-state index in [1.54, 1.807) is 18.2 Å². The Morgan fingerprint density at radius 1 is 1.31 bits per heavy atom. The van der Waals surface area contributed by atoms with Gasteiger partial charge in [-0.1, -0.05) is 18.2 Å². The lowest BCUT2D eigenvalue weighted by Gasteiger charge is -2.34. The summed E-state index contributed by atoms with van der Waals surface area (Å²) in [7, 11) is 0. The van der Waals surface area contributed by atoms with E-state index in [2.05, 4.69) is 10.6 Å². The third-order valence-corrected chi connectivity index (χ3v) is 4.82. The van der Waals surface area contributed by atoms with Crippen molar-refractivity contribution in [2.75, 3.05) is 45.9 Å². The molecular weight excluding hydrogens is 380 g/mol. The van der Waals surface area contributed by atoms with Crippen molar-refractivity contribution in [3.05, 3.63) is 35.6 Å². The van der Waals surface area contributed by atoms with E-state index in [4.69, 9.17) is 4.74 Å². The van der Waals surface area contributed by atoms with Crippen LogP contribution in [0.5, 0.6) is 0 Å². The van der Waals surface area contributed by atoms with Crippen LogP contribution in [0, 0.1) is 11.7 Å². The van der Waals surface area contributed by atoms with E-state index in [9.17, 15) is 9.18 Å². The van der Waals surface area contributed by atoms with E-state index >= 15 is 0 Å². The number of hydrogen-bond donors (Lipinski definition) is 2. The molecule has 2 unspecified atom stereocenters. The third-order valence-electron chi connectivity index (χ3n) is 4.82. The van der Waals surface area contributed by atoms with Crippen LogP contribution in [0.15, 0.2) is 24.3 Å². The average molecular weight is 408 g/mol. The largest absolute Gasteiger partial charge is 0.379 e. The number of piperidine rings is 1. The van der Waals surface area contributed by atoms with Crippen molar-refractivity contribution in [3.63, 3.8) is 0 Å². The minimum absolute atomic E-state index is 0. The SMILES string of the molecule is Cl.Cl.O=C(NCC1CCCNC1)C(c1ccccc1F)N1CCOCC1. The number of ether oxygens (including phenoxy) is 1. The summed E-state index contributed by atoms with van der Waals surface area (Å²) in [5.41, 5.74) is 0.443. The van der Waals surface area contributed by atoms with Gasteiger partial charge in [0.15, 0.2) is 0 Å². The van der Waals surface area contributed by atoms with E-state index in [0.29, 0.717) is 44.3 Å². The van der Waals surface area contributed by atoms with Crippen molar-refractivity contribution < 1.29 is 13.9 Å². The maximum absolute atomic E-state index is 14.3. The van der Waals surface area contributed by atoms with Gasteiger partial charge in [-0.05, 0) is 37.9 Å². The molecule has 0 aliphatic carbocycles. The van der Waals surface area contributed by atoms with Crippen LogP contribution < -0.4 is 10.6 Å². The minimum atomic E-state index is -0.591. The van der Waals surface area contributed by atoms with Gasteiger partial charge in [-0.3, -0.25) is 9.69 Å². The molecule has 8 heteroatoms. The Kier molecular flexibility index (Phi) is 10.4. The van der Waals surface area contributed by atoms with Gasteiger partial charge in [-0.2, -0.15) is 0 Å². The highest BCUT2D eigenvalue weighted by molar-refractivity contribution is 5.85. The minimum Gasteiger partial charge on any atom is -0.379 e. The first-order valence-corrected chi connectivity index (χ1v) is 8.80. The van der Waals surface area contributed by atoms with Crippen molar-refractivity contribution in [2.45, 2.75) is 18.9 Å². The van der Waals surface area contributed by atoms with Gasteiger partial charge >= 0.3 is 0 Å². The summed E-state index contributed by atoms with van der Waals surface area (Å²) in [5, 5.41) is 6.40. The average Bonchev–Trinajstić information content (AvgIpc) is 2.64. The molecule has 1 amide bonds. The monoisotopic (exact) mass is 407 g/mol. The van der Waals surface area contributed by atoms with E-state index in [1.165, 1.54) is 6.07 Å². The van der Waals surface area contributed by atoms with E-state index in [-0.39, 0.29) is 36.5 Å². The van der Waals surface area contributed by atoms with Crippen LogP contribution >= 0.6 is 24.8 Å². The number of hydrogen-bond acceptors (Lipinski definition) is 4. The van der Waals surface area contributed by atoms with Gasteiger partial charge in [0.2, 0.25) is 5.91 Å². The first-order valence-electron chi connectivity index (χ1n) is 8.80. The Balaban J connectivity index is 0.00000169. The zero-order chi connectivity index (χ0) is 16.8. The van der Waals surface area contributed by atoms with Crippen LogP contribution in [0.2, 0.25) is 0 Å². The Morgan fingerprint density at radius 3 is 2.69 bits per heavy atom. The number of benzene rings is 1. The molecule has 26 heavy (non-hydrogen) atoms. The number of nitrogens with one attached hydrogen (secondary N) is 2. The zero-order valence-corrected chi connectivity index (χ0v) is 16.4. The maximum atomic E-state index is 14.3. The van der Waals surface area contributed by atoms with Crippen molar-refractivity contribution in [2.24, 2.45) is 5.92 Å². The highest BCUT2D eigenvalue weighted by Crippen LogP contribution is 2.25. The van der Waals surface area contributed by atoms with Crippen LogP contribution in [-0.4, -0.2) is 56.7 Å². The van der Waals surface area contributed by atoms with Crippen LogP contribution in [-0.2, 0) is 9.53 Å². The maximum Gasteiger partial charge on any atom is 0.242 e. The summed E-state index contributed by atoms with van der Waals surface area (Å²) in [6.45, 7) is 5.05. The number of halogens is 3. The fourth-order valence-corrected chi connectivity index (χ4v) is 3.48. The number of nitrogens with zero attached hydrogens (tertiary/aromatic N) is 1. The smallest absolute Gasteiger partial charge is 0.242 e. The normalized spacial score (nSPS) is 21.8. The molecular formula is C18H28Cl2FN3O2. The van der Waals surface area contributed by atoms with Gasteiger partial charge in [0, 0.05) is 25.2 Å². The lowest BCUT2D eigenvalue weighted by atomic mass is 9.98. The van der Waals surface area contributed by atoms with E-state index in [1.807, 2.05) is 4.90 Å². The van der Waals surface area contributed by atoms with Crippen LogP contribution in [0.25, 0.3) is 0 Å². The van der Waals surface area contributed by atoms with Crippen molar-refractivity contribution in [1.29, 1.82) is 0 Å². The molecule has 0 saturated carbocycles. The van der Waals surface area contributed by atoms with Crippen molar-refractivity contribution in [1.82, 2.24) is 15.5 Å². The molecule has 0 bridgehead atoms. The Hall–Kier alpha value is -0.920. The molecule has 2 aliphatic rings. The molecule has 2 fully saturated rings. The highest BCUT2D eigenvalue weighted by Gasteiger charge is 2.31. The van der Waals surface area contributed by atoms with Gasteiger partial charge in [0.25, 0.3) is 0 Å². The van der Waals surface area contributed by atoms with E-state index < -0.39 is 6.04 Å². The standard InChI is InChI=1S/C18H26FN3O2.2ClH/c19-16-6-2-1-5-15(16)17(22-8-10-24-11-9-22)18(23)21-13-14-4-3-7-20-12-14;;/h1-2,5-6,14,17,20H,3-4,7-13H2,(H,21,23);2*1H. The second-order valence-corrected chi connectivity index (χ2v) is 6.53. The lowest BCUT2D eigenvalue weighted by molar-refractivity contribution is -0.128. The summed E-state index contributed by atoms with van der Waals surface area (Å²) in [6, 6.07) is 5.97. The number of morpholine rings is 1. The summed E-state index contributed by atoms with van der Waals surface area (Å²) >= 11 is 0. The quantitative estimate of drug-likeness (QED) is 0.784. The number of carbonyl (C=O) groups excluding carboxylic acids is 1. The van der Waals surface area contributed by atoms with Gasteiger partial charge in [-0.15, -0.1) is 24.8 Å². The van der Waals surface area contributed by atoms with Crippen LogP contribution in [0.4, 0.5) is 4.39 Å². The Morgan fingerprint density at radius 2 is 2.04 bits per heavy atom. The van der Waals surface area contributed by atoms with Gasteiger partial charge in [0.1, 0.15) is 11.9 Å². The number of amides is 1. The molecule has 2 N–H and O–H groups in total. The summed E-state index contributed by atoms with van der Waals surface area (Å²) in [4.78, 5) is 14.9. The molecule has 2 saturated heterocycles. The number of carbonyl (C=O) groups is 1. The lowest BCUT2D eigenvalue weighted by Crippen LogP contribution is -2.47. The molecule has 0 aromatic heterocycles. The van der Waals surface area contributed by atoms with Crippen molar-refractivity contribution in [3.8, 4) is 0 Å². The molecule has 1 aromatic carbocycles. The van der Waals surface area contributed by atoms with Gasteiger partial charge in [0.05, 0.1) is 13.2 Å². The molecule has 2 heterocycles. The topological polar surface area (TPSA) is 53.6 Å². The molecule has 0 radical (unpaired) electrons. The fraction of sp³-hybridized carbons (Fsp3) is 0.611. The molecule has 1 aromatic rings. The summed E-state index contributed by atoms with van der Waals surface area (Å²) in [5.74, 6) is 0.00436. The summed E-state index contributed by atoms with van der Waals surface area (Å²) < 4.78 is 19.7.